The average molecular weight is 374 g/mol. The maximum Gasteiger partial charge on any atom is 0.280 e. The maximum atomic E-state index is 13.0. The largest absolute Gasteiger partial charge is 0.340 e. The molecule has 0 bridgehead atoms. The Morgan fingerprint density at radius 3 is 2.62 bits per heavy atom. The van der Waals surface area contributed by atoms with Gasteiger partial charge in [0.25, 0.3) is 5.56 Å². The zero-order valence-electron chi connectivity index (χ0n) is 15.1. The molecule has 1 fully saturated rings. The highest BCUT2D eigenvalue weighted by Gasteiger charge is 2.23. The van der Waals surface area contributed by atoms with Crippen LogP contribution >= 0.6 is 11.8 Å². The van der Waals surface area contributed by atoms with Crippen LogP contribution in [0.15, 0.2) is 27.5 Å². The highest BCUT2D eigenvalue weighted by Crippen LogP contribution is 2.26. The molecule has 3 aromatic rings. The summed E-state index contributed by atoms with van der Waals surface area (Å²) in [6.45, 7) is 6.29. The van der Waals surface area contributed by atoms with Crippen molar-refractivity contribution >= 4 is 28.9 Å². The fourth-order valence-electron chi connectivity index (χ4n) is 3.16. The Bertz CT molecular complexity index is 998. The molecule has 0 aliphatic carbocycles. The summed E-state index contributed by atoms with van der Waals surface area (Å²) in [5.74, 6) is 0.827. The van der Waals surface area contributed by atoms with Crippen LogP contribution in [0.25, 0.3) is 11.2 Å². The van der Waals surface area contributed by atoms with Crippen LogP contribution in [0.1, 0.15) is 6.92 Å². The molecule has 1 aliphatic rings. The third kappa shape index (κ3) is 2.78. The lowest BCUT2D eigenvalue weighted by molar-refractivity contribution is 0.569. The second-order valence-electron chi connectivity index (χ2n) is 6.25. The third-order valence-electron chi connectivity index (χ3n) is 4.60. The number of hydrogen-bond acceptors (Lipinski definition) is 7. The van der Waals surface area contributed by atoms with Gasteiger partial charge in [0.05, 0.1) is 0 Å². The van der Waals surface area contributed by atoms with Crippen LogP contribution in [0, 0.1) is 0 Å². The average Bonchev–Trinajstić information content (AvgIpc) is 3.23. The lowest BCUT2D eigenvalue weighted by Crippen LogP contribution is -2.44. The molecule has 26 heavy (non-hydrogen) atoms. The van der Waals surface area contributed by atoms with E-state index in [1.54, 1.807) is 17.8 Å². The van der Waals surface area contributed by atoms with E-state index in [4.69, 9.17) is 4.98 Å². The van der Waals surface area contributed by atoms with Gasteiger partial charge in [0, 0.05) is 59.2 Å². The van der Waals surface area contributed by atoms with Gasteiger partial charge in [-0.05, 0) is 18.7 Å². The minimum atomic E-state index is -0.0811. The topological polar surface area (TPSA) is 85.8 Å². The summed E-state index contributed by atoms with van der Waals surface area (Å²) in [7, 11) is 3.66. The number of nitrogens with one attached hydrogen (secondary N) is 1. The van der Waals surface area contributed by atoms with Crippen molar-refractivity contribution in [1.29, 1.82) is 0 Å². The molecule has 4 heterocycles. The number of imidazole rings is 2. The fourth-order valence-corrected chi connectivity index (χ4v) is 3.99. The molecular formula is C16H22N8OS. The number of aromatic nitrogens is 6. The monoisotopic (exact) mass is 374 g/mol. The third-order valence-corrected chi connectivity index (χ3v) is 5.72. The normalized spacial score (nSPS) is 15.1. The summed E-state index contributed by atoms with van der Waals surface area (Å²) in [6, 6.07) is 0. The molecule has 9 nitrogen and oxygen atoms in total. The van der Waals surface area contributed by atoms with Gasteiger partial charge in [0.1, 0.15) is 0 Å². The van der Waals surface area contributed by atoms with Crippen LogP contribution < -0.4 is 15.8 Å². The number of hydrogen-bond donors (Lipinski definition) is 1. The Morgan fingerprint density at radius 1 is 1.19 bits per heavy atom. The quantitative estimate of drug-likeness (QED) is 0.664. The van der Waals surface area contributed by atoms with Gasteiger partial charge in [-0.3, -0.25) is 9.36 Å². The van der Waals surface area contributed by atoms with Crippen LogP contribution in [-0.2, 0) is 20.6 Å². The van der Waals surface area contributed by atoms with Crippen LogP contribution in [0.2, 0.25) is 0 Å². The van der Waals surface area contributed by atoms with Gasteiger partial charge < -0.3 is 19.4 Å². The van der Waals surface area contributed by atoms with E-state index < -0.39 is 0 Å². The second-order valence-corrected chi connectivity index (χ2v) is 7.18. The summed E-state index contributed by atoms with van der Waals surface area (Å²) in [5, 5.41) is 4.71. The Kier molecular flexibility index (Phi) is 4.45. The van der Waals surface area contributed by atoms with E-state index >= 15 is 0 Å². The molecule has 1 aliphatic heterocycles. The Balaban J connectivity index is 1.84. The summed E-state index contributed by atoms with van der Waals surface area (Å²) < 4.78 is 5.46. The predicted octanol–water partition coefficient (Wildman–Crippen LogP) is 0.444. The minimum Gasteiger partial charge on any atom is -0.340 e. The van der Waals surface area contributed by atoms with E-state index in [1.165, 1.54) is 11.8 Å². The number of nitrogens with zero attached hydrogens (tertiary/aromatic N) is 7. The SMILES string of the molecule is CCn1c(N2CCNCC2)nc2nc(Sc3nccn3C)n(C)c(=O)c21. The molecule has 1 N–H and O–H groups in total. The number of anilines is 1. The van der Waals surface area contributed by atoms with Gasteiger partial charge in [-0.25, -0.2) is 9.97 Å². The van der Waals surface area contributed by atoms with E-state index in [0.29, 0.717) is 22.9 Å². The molecule has 4 rings (SSSR count). The molecule has 138 valence electrons. The molecule has 0 aromatic carbocycles. The standard InChI is InChI=1S/C16H22N8OS/c1-4-24-11-12(19-14(24)23-9-5-17-6-10-23)20-16(22(3)13(11)25)26-15-18-7-8-21(15)2/h7-8,17H,4-6,9-10H2,1-3H3. The lowest BCUT2D eigenvalue weighted by atomic mass is 10.4. The molecule has 10 heteroatoms. The lowest BCUT2D eigenvalue weighted by Gasteiger charge is -2.28. The first kappa shape index (κ1) is 17.1. The highest BCUT2D eigenvalue weighted by atomic mass is 32.2. The zero-order chi connectivity index (χ0) is 18.3. The molecule has 0 unspecified atom stereocenters. The summed E-state index contributed by atoms with van der Waals surface area (Å²) in [5.41, 5.74) is 0.982. The number of piperazine rings is 1. The number of rotatable bonds is 4. The Labute approximate surface area is 155 Å². The van der Waals surface area contributed by atoms with Crippen molar-refractivity contribution in [1.82, 2.24) is 34.0 Å². The smallest absolute Gasteiger partial charge is 0.280 e. The van der Waals surface area contributed by atoms with E-state index in [-0.39, 0.29) is 5.56 Å². The summed E-state index contributed by atoms with van der Waals surface area (Å²) in [4.78, 5) is 28.9. The number of fused-ring (bicyclic) bond motifs is 1. The van der Waals surface area contributed by atoms with Gasteiger partial charge in [-0.15, -0.1) is 0 Å². The van der Waals surface area contributed by atoms with Crippen LogP contribution in [0.4, 0.5) is 5.95 Å². The maximum absolute atomic E-state index is 13.0. The van der Waals surface area contributed by atoms with Crippen LogP contribution in [0.5, 0.6) is 0 Å². The van der Waals surface area contributed by atoms with E-state index in [0.717, 1.165) is 37.3 Å². The van der Waals surface area contributed by atoms with Crippen molar-refractivity contribution in [3.05, 3.63) is 22.7 Å². The van der Waals surface area contributed by atoms with Gasteiger partial charge in [0.2, 0.25) is 5.95 Å². The van der Waals surface area contributed by atoms with Crippen molar-refractivity contribution in [2.24, 2.45) is 14.1 Å². The molecule has 3 aromatic heterocycles. The van der Waals surface area contributed by atoms with Gasteiger partial charge in [0.15, 0.2) is 21.5 Å². The molecule has 1 saturated heterocycles. The molecular weight excluding hydrogens is 352 g/mol. The van der Waals surface area contributed by atoms with E-state index in [9.17, 15) is 4.79 Å². The van der Waals surface area contributed by atoms with Crippen molar-refractivity contribution in [3.63, 3.8) is 0 Å². The predicted molar refractivity (Wildman–Crippen MR) is 101 cm³/mol. The highest BCUT2D eigenvalue weighted by molar-refractivity contribution is 7.99. The van der Waals surface area contributed by atoms with Crippen molar-refractivity contribution < 1.29 is 0 Å². The summed E-state index contributed by atoms with van der Waals surface area (Å²) >= 11 is 1.37. The van der Waals surface area contributed by atoms with E-state index in [2.05, 4.69) is 20.2 Å². The van der Waals surface area contributed by atoms with Crippen molar-refractivity contribution in [2.45, 2.75) is 23.8 Å². The van der Waals surface area contributed by atoms with Gasteiger partial charge >= 0.3 is 0 Å². The van der Waals surface area contributed by atoms with Gasteiger partial charge in [-0.1, -0.05) is 0 Å². The molecule has 0 atom stereocenters. The molecule has 0 radical (unpaired) electrons. The van der Waals surface area contributed by atoms with Gasteiger partial charge in [-0.2, -0.15) is 4.98 Å². The molecule has 0 spiro atoms. The first-order valence-corrected chi connectivity index (χ1v) is 9.50. The molecule has 0 amide bonds. The zero-order valence-corrected chi connectivity index (χ0v) is 16.0. The Morgan fingerprint density at radius 2 is 1.96 bits per heavy atom. The van der Waals surface area contributed by atoms with Crippen molar-refractivity contribution in [2.75, 3.05) is 31.1 Å². The fraction of sp³-hybridized carbons (Fsp3) is 0.500. The van der Waals surface area contributed by atoms with Crippen molar-refractivity contribution in [3.8, 4) is 0 Å². The van der Waals surface area contributed by atoms with Crippen LogP contribution in [0.3, 0.4) is 0 Å². The van der Waals surface area contributed by atoms with Crippen LogP contribution in [-0.4, -0.2) is 54.8 Å². The summed E-state index contributed by atoms with van der Waals surface area (Å²) in [6.07, 6.45) is 3.60. The first-order valence-electron chi connectivity index (χ1n) is 8.68. The minimum absolute atomic E-state index is 0.0811. The first-order chi connectivity index (χ1) is 12.6. The Hall–Kier alpha value is -2.33. The number of aryl methyl sites for hydroxylation is 2. The van der Waals surface area contributed by atoms with E-state index in [1.807, 2.05) is 29.3 Å². The molecule has 0 saturated carbocycles. The second kappa shape index (κ2) is 6.76.